The van der Waals surface area contributed by atoms with Crippen LogP contribution in [0.2, 0.25) is 0 Å². The van der Waals surface area contributed by atoms with Crippen LogP contribution < -0.4 is 5.56 Å². The van der Waals surface area contributed by atoms with Crippen molar-refractivity contribution in [2.45, 2.75) is 19.3 Å². The molecule has 7 nitrogen and oxygen atoms in total. The number of hydrogen-bond donors (Lipinski definition) is 1. The Hall–Kier alpha value is -3.60. The van der Waals surface area contributed by atoms with E-state index in [9.17, 15) is 18.8 Å². The Bertz CT molecular complexity index is 1560. The second-order valence-electron chi connectivity index (χ2n) is 9.34. The number of aromatic amines is 1. The summed E-state index contributed by atoms with van der Waals surface area (Å²) >= 11 is 2.26. The molecule has 2 heterocycles. The zero-order chi connectivity index (χ0) is 26.6. The van der Waals surface area contributed by atoms with Gasteiger partial charge in [0.15, 0.2) is 0 Å². The predicted molar refractivity (Wildman–Crippen MR) is 152 cm³/mol. The Morgan fingerprint density at radius 3 is 2.39 bits per heavy atom. The van der Waals surface area contributed by atoms with E-state index in [0.29, 0.717) is 62.1 Å². The molecule has 0 atom stereocenters. The highest BCUT2D eigenvalue weighted by atomic mass is 127. The summed E-state index contributed by atoms with van der Waals surface area (Å²) in [6, 6.07) is 19.7. The van der Waals surface area contributed by atoms with Crippen LogP contribution in [0.5, 0.6) is 0 Å². The maximum absolute atomic E-state index is 14.7. The molecule has 194 valence electrons. The highest BCUT2D eigenvalue weighted by Crippen LogP contribution is 2.20. The summed E-state index contributed by atoms with van der Waals surface area (Å²) in [7, 11) is 0. The van der Waals surface area contributed by atoms with Crippen molar-refractivity contribution in [1.82, 2.24) is 20.0 Å². The Balaban J connectivity index is 1.23. The van der Waals surface area contributed by atoms with Crippen molar-refractivity contribution in [3.8, 4) is 0 Å². The van der Waals surface area contributed by atoms with Crippen LogP contribution in [0.3, 0.4) is 0 Å². The molecule has 9 heteroatoms. The van der Waals surface area contributed by atoms with Gasteiger partial charge in [-0.3, -0.25) is 14.4 Å². The van der Waals surface area contributed by atoms with E-state index in [0.717, 1.165) is 14.5 Å². The van der Waals surface area contributed by atoms with Crippen molar-refractivity contribution in [3.05, 3.63) is 109 Å². The van der Waals surface area contributed by atoms with Crippen molar-refractivity contribution >= 4 is 45.2 Å². The molecule has 0 bridgehead atoms. The number of aryl methyl sites for hydroxylation is 1. The van der Waals surface area contributed by atoms with Crippen molar-refractivity contribution in [2.24, 2.45) is 0 Å². The highest BCUT2D eigenvalue weighted by Gasteiger charge is 2.26. The minimum Gasteiger partial charge on any atom is -0.339 e. The van der Waals surface area contributed by atoms with Crippen LogP contribution in [-0.2, 0) is 17.6 Å². The number of amides is 2. The number of carbonyl (C=O) groups excluding carboxylic acids is 2. The van der Waals surface area contributed by atoms with Gasteiger partial charge in [-0.25, -0.2) is 9.49 Å². The topological polar surface area (TPSA) is 86.4 Å². The third-order valence-electron chi connectivity index (χ3n) is 6.84. The molecule has 2 amide bonds. The number of aromatic nitrogens is 2. The summed E-state index contributed by atoms with van der Waals surface area (Å²) < 4.78 is 15.9. The third-order valence-corrected chi connectivity index (χ3v) is 7.51. The van der Waals surface area contributed by atoms with E-state index in [1.165, 1.54) is 6.07 Å². The first-order valence-electron chi connectivity index (χ1n) is 12.5. The molecule has 1 aliphatic rings. The number of carbonyl (C=O) groups is 2. The van der Waals surface area contributed by atoms with Crippen LogP contribution in [0.15, 0.2) is 71.5 Å². The molecular formula is C29H26FIN4O3. The maximum Gasteiger partial charge on any atom is 0.272 e. The lowest BCUT2D eigenvalue weighted by atomic mass is 10.0. The van der Waals surface area contributed by atoms with Gasteiger partial charge in [-0.15, -0.1) is 0 Å². The first-order chi connectivity index (χ1) is 18.4. The Morgan fingerprint density at radius 1 is 0.895 bits per heavy atom. The lowest BCUT2D eigenvalue weighted by Gasteiger charge is -2.35. The van der Waals surface area contributed by atoms with Gasteiger partial charge in [0.05, 0.1) is 16.6 Å². The van der Waals surface area contributed by atoms with Crippen LogP contribution >= 0.6 is 22.6 Å². The molecular weight excluding hydrogens is 598 g/mol. The van der Waals surface area contributed by atoms with Gasteiger partial charge in [0.25, 0.3) is 11.5 Å². The van der Waals surface area contributed by atoms with E-state index in [1.54, 1.807) is 34.1 Å². The summed E-state index contributed by atoms with van der Waals surface area (Å²) in [5.41, 5.74) is 2.20. The van der Waals surface area contributed by atoms with E-state index < -0.39 is 11.7 Å². The van der Waals surface area contributed by atoms with Crippen molar-refractivity contribution in [2.75, 3.05) is 26.2 Å². The molecule has 0 saturated carbocycles. The number of nitrogens with one attached hydrogen (secondary N) is 1. The summed E-state index contributed by atoms with van der Waals surface area (Å²) in [4.78, 5) is 41.4. The smallest absolute Gasteiger partial charge is 0.272 e. The number of halogens is 2. The fourth-order valence-corrected chi connectivity index (χ4v) is 5.38. The van der Waals surface area contributed by atoms with Gasteiger partial charge in [0, 0.05) is 48.0 Å². The number of rotatable bonds is 6. The van der Waals surface area contributed by atoms with Gasteiger partial charge in [0.1, 0.15) is 5.82 Å². The summed E-state index contributed by atoms with van der Waals surface area (Å²) in [6.45, 7) is 1.55. The average molecular weight is 624 g/mol. The standard InChI is InChI=1S/C29H26FIN4O3/c30-25-10-8-20(18-26-22-6-1-2-7-23(22)28(37)33-32-26)17-24(25)29(38)35-14-12-34(13-15-35)27(36)11-9-19-4-3-5-21(31)16-19/h1-8,10,16-17H,9,11-15,18H2,(H,33,37). The molecule has 1 aromatic heterocycles. The van der Waals surface area contributed by atoms with E-state index >= 15 is 0 Å². The van der Waals surface area contributed by atoms with Crippen LogP contribution in [-0.4, -0.2) is 58.0 Å². The SMILES string of the molecule is O=C(CCc1cccc(I)c1)N1CCN(C(=O)c2cc(Cc3n[nH]c(=O)c4ccccc34)ccc2F)CC1. The Kier molecular flexibility index (Phi) is 7.82. The minimum absolute atomic E-state index is 0.00492. The molecule has 0 radical (unpaired) electrons. The van der Waals surface area contributed by atoms with Crippen molar-refractivity contribution in [1.29, 1.82) is 0 Å². The highest BCUT2D eigenvalue weighted by molar-refractivity contribution is 14.1. The molecule has 0 unspecified atom stereocenters. The zero-order valence-electron chi connectivity index (χ0n) is 20.6. The fraction of sp³-hybridized carbons (Fsp3) is 0.241. The van der Waals surface area contributed by atoms with Crippen molar-refractivity contribution in [3.63, 3.8) is 0 Å². The van der Waals surface area contributed by atoms with Gasteiger partial charge in [-0.2, -0.15) is 5.10 Å². The first kappa shape index (κ1) is 26.0. The van der Waals surface area contributed by atoms with Crippen LogP contribution in [0.1, 0.15) is 33.6 Å². The molecule has 0 aliphatic carbocycles. The molecule has 4 aromatic rings. The number of fused-ring (bicyclic) bond motifs is 1. The average Bonchev–Trinajstić information content (AvgIpc) is 2.94. The van der Waals surface area contributed by atoms with Crippen LogP contribution in [0.4, 0.5) is 4.39 Å². The lowest BCUT2D eigenvalue weighted by molar-refractivity contribution is -0.132. The second-order valence-corrected chi connectivity index (χ2v) is 10.6. The van der Waals surface area contributed by atoms with Crippen LogP contribution in [0.25, 0.3) is 10.8 Å². The number of nitrogens with zero attached hydrogens (tertiary/aromatic N) is 3. The summed E-state index contributed by atoms with van der Waals surface area (Å²) in [5, 5.41) is 7.95. The zero-order valence-corrected chi connectivity index (χ0v) is 22.8. The molecule has 38 heavy (non-hydrogen) atoms. The summed E-state index contributed by atoms with van der Waals surface area (Å²) in [5.74, 6) is -0.923. The van der Waals surface area contributed by atoms with E-state index in [-0.39, 0.29) is 17.0 Å². The molecule has 1 saturated heterocycles. The maximum atomic E-state index is 14.7. The van der Waals surface area contributed by atoms with Gasteiger partial charge in [0.2, 0.25) is 5.91 Å². The predicted octanol–water partition coefficient (Wildman–Crippen LogP) is 4.17. The molecule has 5 rings (SSSR count). The fourth-order valence-electron chi connectivity index (χ4n) is 4.78. The Labute approximate surface area is 232 Å². The number of piperazine rings is 1. The van der Waals surface area contributed by atoms with Gasteiger partial charge < -0.3 is 9.80 Å². The molecule has 3 aromatic carbocycles. The van der Waals surface area contributed by atoms with Gasteiger partial charge in [-0.1, -0.05) is 36.4 Å². The molecule has 1 fully saturated rings. The quantitative estimate of drug-likeness (QED) is 0.327. The van der Waals surface area contributed by atoms with Gasteiger partial charge >= 0.3 is 0 Å². The third kappa shape index (κ3) is 5.77. The van der Waals surface area contributed by atoms with Crippen LogP contribution in [0, 0.1) is 9.39 Å². The van der Waals surface area contributed by atoms with E-state index in [2.05, 4.69) is 38.9 Å². The van der Waals surface area contributed by atoms with Crippen molar-refractivity contribution < 1.29 is 14.0 Å². The lowest BCUT2D eigenvalue weighted by Crippen LogP contribution is -2.50. The number of H-pyrrole nitrogens is 1. The molecule has 0 spiro atoms. The number of hydrogen-bond acceptors (Lipinski definition) is 4. The van der Waals surface area contributed by atoms with E-state index in [4.69, 9.17) is 0 Å². The summed E-state index contributed by atoms with van der Waals surface area (Å²) in [6.07, 6.45) is 1.42. The molecule has 1 N–H and O–H groups in total. The normalized spacial score (nSPS) is 13.6. The minimum atomic E-state index is -0.589. The number of benzene rings is 3. The second kappa shape index (κ2) is 11.4. The first-order valence-corrected chi connectivity index (χ1v) is 13.5. The monoisotopic (exact) mass is 624 g/mol. The molecule has 1 aliphatic heterocycles. The van der Waals surface area contributed by atoms with E-state index in [1.807, 2.05) is 30.3 Å². The Morgan fingerprint density at radius 2 is 1.63 bits per heavy atom. The van der Waals surface area contributed by atoms with Gasteiger partial charge in [-0.05, 0) is 70.5 Å². The largest absolute Gasteiger partial charge is 0.339 e.